The molecule has 0 amide bonds. The molecule has 1 rings (SSSR count). The Hall–Kier alpha value is -0.310. The Bertz CT molecular complexity index is 205. The molecule has 1 aliphatic rings. The van der Waals surface area contributed by atoms with Crippen molar-refractivity contribution in [2.75, 3.05) is 19.7 Å². The highest BCUT2D eigenvalue weighted by molar-refractivity contribution is 5.68. The van der Waals surface area contributed by atoms with Gasteiger partial charge in [-0.15, -0.1) is 0 Å². The van der Waals surface area contributed by atoms with Gasteiger partial charge < -0.3 is 21.7 Å². The van der Waals surface area contributed by atoms with Crippen LogP contribution in [0.1, 0.15) is 20.8 Å². The van der Waals surface area contributed by atoms with Crippen LogP contribution in [-0.4, -0.2) is 30.2 Å². The minimum atomic E-state index is 0. The third-order valence-electron chi connectivity index (χ3n) is 1.84. The largest absolute Gasteiger partial charge is 1.00 e. The van der Waals surface area contributed by atoms with Gasteiger partial charge in [0.25, 0.3) is 0 Å². The van der Waals surface area contributed by atoms with Crippen molar-refractivity contribution in [1.82, 2.24) is 0 Å². The highest BCUT2D eigenvalue weighted by atomic mass is 79.9. The zero-order valence-corrected chi connectivity index (χ0v) is 9.52. The van der Waals surface area contributed by atoms with Crippen LogP contribution in [0.25, 0.3) is 0 Å². The third kappa shape index (κ3) is 3.39. The van der Waals surface area contributed by atoms with E-state index in [2.05, 4.69) is 24.5 Å². The summed E-state index contributed by atoms with van der Waals surface area (Å²) >= 11 is 0. The van der Waals surface area contributed by atoms with Gasteiger partial charge in [0.05, 0.1) is 6.92 Å². The van der Waals surface area contributed by atoms with Crippen LogP contribution in [0.15, 0.2) is 11.6 Å². The lowest BCUT2D eigenvalue weighted by Crippen LogP contribution is -3.00. The molecule has 0 bridgehead atoms. The van der Waals surface area contributed by atoms with E-state index in [1.165, 1.54) is 5.57 Å². The number of ether oxygens (including phenoxy) is 1. The first-order chi connectivity index (χ1) is 5.20. The summed E-state index contributed by atoms with van der Waals surface area (Å²) in [6.45, 7) is 9.14. The summed E-state index contributed by atoms with van der Waals surface area (Å²) in [6, 6.07) is 0. The molecule has 0 spiro atoms. The van der Waals surface area contributed by atoms with Gasteiger partial charge in [0.15, 0.2) is 19.7 Å². The Morgan fingerprint density at radius 2 is 2.25 bits per heavy atom. The van der Waals surface area contributed by atoms with Gasteiger partial charge in [-0.1, -0.05) is 5.57 Å². The molecule has 0 aromatic rings. The molecule has 1 aliphatic heterocycles. The lowest BCUT2D eigenvalue weighted by Gasteiger charge is -1.92. The summed E-state index contributed by atoms with van der Waals surface area (Å²) in [4.78, 5) is 0. The van der Waals surface area contributed by atoms with Crippen molar-refractivity contribution in [3.05, 3.63) is 11.6 Å². The zero-order chi connectivity index (χ0) is 8.27. The standard InChI is InChI=1S/C9H16NO.BrH/c1-8(2)4-5-10-6-7-11-9(10)3;/h4H,5-7H2,1-3H3;1H/q+1;/p-1. The number of nitrogens with zero attached hydrogens (tertiary/aromatic N) is 1. The normalized spacial score (nSPS) is 15.2. The highest BCUT2D eigenvalue weighted by Crippen LogP contribution is 1.96. The molecule has 0 unspecified atom stereocenters. The van der Waals surface area contributed by atoms with Gasteiger partial charge in [-0.3, -0.25) is 0 Å². The van der Waals surface area contributed by atoms with Crippen molar-refractivity contribution in [3.8, 4) is 0 Å². The first-order valence-corrected chi connectivity index (χ1v) is 4.05. The van der Waals surface area contributed by atoms with Gasteiger partial charge in [-0.2, -0.15) is 4.58 Å². The SMILES string of the molecule is CC(C)=CC[N+]1=C(C)OCC1.[Br-]. The molecule has 70 valence electrons. The number of allylic oxidation sites excluding steroid dienone is 1. The quantitative estimate of drug-likeness (QED) is 0.415. The maximum atomic E-state index is 5.31. The van der Waals surface area contributed by atoms with Crippen LogP contribution in [-0.2, 0) is 4.74 Å². The lowest BCUT2D eigenvalue weighted by atomic mass is 10.3. The van der Waals surface area contributed by atoms with E-state index >= 15 is 0 Å². The molecule has 0 atom stereocenters. The molecular weight excluding hydrogens is 218 g/mol. The minimum absolute atomic E-state index is 0. The van der Waals surface area contributed by atoms with Gasteiger partial charge in [0, 0.05) is 0 Å². The molecule has 0 aromatic heterocycles. The average Bonchev–Trinajstić information content (AvgIpc) is 2.31. The zero-order valence-electron chi connectivity index (χ0n) is 7.93. The molecule has 0 aromatic carbocycles. The van der Waals surface area contributed by atoms with E-state index in [1.807, 2.05) is 6.92 Å². The van der Waals surface area contributed by atoms with E-state index in [9.17, 15) is 0 Å². The number of hydrogen-bond donors (Lipinski definition) is 0. The second kappa shape index (κ2) is 5.36. The van der Waals surface area contributed by atoms with E-state index in [4.69, 9.17) is 4.74 Å². The minimum Gasteiger partial charge on any atom is -1.00 e. The van der Waals surface area contributed by atoms with Crippen LogP contribution in [0.2, 0.25) is 0 Å². The van der Waals surface area contributed by atoms with Crippen LogP contribution in [0.4, 0.5) is 0 Å². The highest BCUT2D eigenvalue weighted by Gasteiger charge is 2.17. The van der Waals surface area contributed by atoms with Gasteiger partial charge in [-0.05, 0) is 19.9 Å². The van der Waals surface area contributed by atoms with E-state index in [0.717, 1.165) is 25.6 Å². The summed E-state index contributed by atoms with van der Waals surface area (Å²) in [7, 11) is 0. The van der Waals surface area contributed by atoms with E-state index in [-0.39, 0.29) is 17.0 Å². The smallest absolute Gasteiger partial charge is 0.333 e. The van der Waals surface area contributed by atoms with Crippen LogP contribution >= 0.6 is 0 Å². The average molecular weight is 234 g/mol. The fourth-order valence-electron chi connectivity index (χ4n) is 1.06. The Morgan fingerprint density at radius 1 is 1.58 bits per heavy atom. The summed E-state index contributed by atoms with van der Waals surface area (Å²) in [5, 5.41) is 0. The van der Waals surface area contributed by atoms with E-state index in [0.29, 0.717) is 0 Å². The molecule has 2 nitrogen and oxygen atoms in total. The molecule has 12 heavy (non-hydrogen) atoms. The summed E-state index contributed by atoms with van der Waals surface area (Å²) in [6.07, 6.45) is 2.22. The fraction of sp³-hybridized carbons (Fsp3) is 0.667. The topological polar surface area (TPSA) is 12.2 Å². The predicted molar refractivity (Wildman–Crippen MR) is 46.1 cm³/mol. The second-order valence-corrected chi connectivity index (χ2v) is 3.09. The van der Waals surface area contributed by atoms with Crippen molar-refractivity contribution in [3.63, 3.8) is 0 Å². The molecule has 3 heteroatoms. The van der Waals surface area contributed by atoms with Crippen LogP contribution in [0.5, 0.6) is 0 Å². The second-order valence-electron chi connectivity index (χ2n) is 3.09. The Labute approximate surface area is 84.7 Å². The predicted octanol–water partition coefficient (Wildman–Crippen LogP) is -1.58. The monoisotopic (exact) mass is 233 g/mol. The van der Waals surface area contributed by atoms with Crippen molar-refractivity contribution in [2.24, 2.45) is 0 Å². The van der Waals surface area contributed by atoms with Crippen molar-refractivity contribution in [2.45, 2.75) is 20.8 Å². The van der Waals surface area contributed by atoms with Crippen molar-refractivity contribution in [1.29, 1.82) is 0 Å². The number of halogens is 1. The summed E-state index contributed by atoms with van der Waals surface area (Å²) in [5.41, 5.74) is 1.37. The Kier molecular flexibility index (Phi) is 5.22. The van der Waals surface area contributed by atoms with E-state index in [1.54, 1.807) is 0 Å². The molecule has 0 radical (unpaired) electrons. The molecular formula is C9H16BrNO. The molecule has 0 saturated carbocycles. The van der Waals surface area contributed by atoms with E-state index < -0.39 is 0 Å². The summed E-state index contributed by atoms with van der Waals surface area (Å²) in [5.74, 6) is 1.06. The third-order valence-corrected chi connectivity index (χ3v) is 1.84. The first kappa shape index (κ1) is 11.7. The van der Waals surface area contributed by atoms with Crippen LogP contribution in [0, 0.1) is 0 Å². The fourth-order valence-corrected chi connectivity index (χ4v) is 1.06. The summed E-state index contributed by atoms with van der Waals surface area (Å²) < 4.78 is 7.55. The van der Waals surface area contributed by atoms with Gasteiger partial charge >= 0.3 is 5.90 Å². The van der Waals surface area contributed by atoms with Gasteiger partial charge in [-0.25, -0.2) is 0 Å². The molecule has 0 aliphatic carbocycles. The molecule has 0 N–H and O–H groups in total. The molecule has 0 saturated heterocycles. The maximum absolute atomic E-state index is 5.31. The molecule has 0 fully saturated rings. The van der Waals surface area contributed by atoms with Gasteiger partial charge in [0.2, 0.25) is 0 Å². The first-order valence-electron chi connectivity index (χ1n) is 4.05. The van der Waals surface area contributed by atoms with Crippen molar-refractivity contribution >= 4 is 5.90 Å². The Morgan fingerprint density at radius 3 is 2.67 bits per heavy atom. The van der Waals surface area contributed by atoms with Crippen LogP contribution < -0.4 is 17.0 Å². The lowest BCUT2D eigenvalue weighted by molar-refractivity contribution is -0.508. The van der Waals surface area contributed by atoms with Crippen LogP contribution in [0.3, 0.4) is 0 Å². The maximum Gasteiger partial charge on any atom is 0.333 e. The number of hydrogen-bond acceptors (Lipinski definition) is 1. The van der Waals surface area contributed by atoms with Gasteiger partial charge in [0.1, 0.15) is 0 Å². The molecule has 1 heterocycles. The Balaban J connectivity index is 0.00000121. The number of rotatable bonds is 2. The van der Waals surface area contributed by atoms with Crippen molar-refractivity contribution < 1.29 is 26.3 Å².